The first-order valence-corrected chi connectivity index (χ1v) is 8.90. The Hall–Kier alpha value is -2.82. The lowest BCUT2D eigenvalue weighted by Crippen LogP contribution is -2.29. The zero-order chi connectivity index (χ0) is 18.7. The number of hydrogen-bond donors (Lipinski definition) is 1. The van der Waals surface area contributed by atoms with Gasteiger partial charge in [-0.05, 0) is 56.2 Å². The van der Waals surface area contributed by atoms with Crippen LogP contribution in [0, 0.1) is 19.8 Å². The highest BCUT2D eigenvalue weighted by Crippen LogP contribution is 2.31. The van der Waals surface area contributed by atoms with Gasteiger partial charge in [0.1, 0.15) is 5.75 Å². The van der Waals surface area contributed by atoms with Crippen LogP contribution in [0.15, 0.2) is 42.5 Å². The van der Waals surface area contributed by atoms with E-state index in [-0.39, 0.29) is 24.2 Å². The SMILES string of the molecule is CCOc1ccc(NC(=O)C2CC(=O)N(c3c(C)cccc3C)C2)cc1. The maximum absolute atomic E-state index is 12.6. The number of para-hydroxylation sites is 1. The molecule has 0 saturated carbocycles. The quantitative estimate of drug-likeness (QED) is 0.893. The second-order valence-corrected chi connectivity index (χ2v) is 6.59. The average molecular weight is 352 g/mol. The van der Waals surface area contributed by atoms with Crippen LogP contribution in [0.4, 0.5) is 11.4 Å². The standard InChI is InChI=1S/C21H24N2O3/c1-4-26-18-10-8-17(9-11-18)22-21(25)16-12-19(24)23(13-16)20-14(2)6-5-7-15(20)3/h5-11,16H,4,12-13H2,1-3H3,(H,22,25). The van der Waals surface area contributed by atoms with Gasteiger partial charge >= 0.3 is 0 Å². The van der Waals surface area contributed by atoms with Crippen molar-refractivity contribution < 1.29 is 14.3 Å². The van der Waals surface area contributed by atoms with E-state index in [1.165, 1.54) is 0 Å². The van der Waals surface area contributed by atoms with E-state index in [0.717, 1.165) is 22.6 Å². The summed E-state index contributed by atoms with van der Waals surface area (Å²) in [6.45, 7) is 6.91. The van der Waals surface area contributed by atoms with E-state index in [2.05, 4.69) is 5.32 Å². The number of amides is 2. The fourth-order valence-electron chi connectivity index (χ4n) is 3.38. The van der Waals surface area contributed by atoms with E-state index in [9.17, 15) is 9.59 Å². The number of nitrogens with one attached hydrogen (secondary N) is 1. The molecule has 2 amide bonds. The summed E-state index contributed by atoms with van der Waals surface area (Å²) in [4.78, 5) is 26.8. The zero-order valence-corrected chi connectivity index (χ0v) is 15.4. The molecule has 0 aliphatic carbocycles. The number of benzene rings is 2. The first kappa shape index (κ1) is 18.0. The van der Waals surface area contributed by atoms with Gasteiger partial charge in [-0.2, -0.15) is 0 Å². The highest BCUT2D eigenvalue weighted by Gasteiger charge is 2.36. The zero-order valence-electron chi connectivity index (χ0n) is 15.4. The van der Waals surface area contributed by atoms with Gasteiger partial charge in [-0.3, -0.25) is 9.59 Å². The van der Waals surface area contributed by atoms with Crippen molar-refractivity contribution in [1.82, 2.24) is 0 Å². The Morgan fingerprint density at radius 1 is 1.15 bits per heavy atom. The molecule has 1 unspecified atom stereocenters. The molecule has 1 heterocycles. The molecule has 0 aromatic heterocycles. The lowest BCUT2D eigenvalue weighted by atomic mass is 10.1. The summed E-state index contributed by atoms with van der Waals surface area (Å²) in [5, 5.41) is 2.90. The molecule has 0 spiro atoms. The van der Waals surface area contributed by atoms with E-state index in [0.29, 0.717) is 18.8 Å². The lowest BCUT2D eigenvalue weighted by molar-refractivity contribution is -0.122. The van der Waals surface area contributed by atoms with Gasteiger partial charge in [-0.25, -0.2) is 0 Å². The molecule has 3 rings (SSSR count). The molecule has 5 heteroatoms. The van der Waals surface area contributed by atoms with Crippen LogP contribution >= 0.6 is 0 Å². The van der Waals surface area contributed by atoms with Gasteiger partial charge in [-0.15, -0.1) is 0 Å². The number of ether oxygens (including phenoxy) is 1. The first-order valence-electron chi connectivity index (χ1n) is 8.90. The number of carbonyl (C=O) groups is 2. The van der Waals surface area contributed by atoms with Gasteiger partial charge in [-0.1, -0.05) is 18.2 Å². The normalized spacial score (nSPS) is 16.7. The second-order valence-electron chi connectivity index (χ2n) is 6.59. The van der Waals surface area contributed by atoms with Crippen LogP contribution in [0.3, 0.4) is 0 Å². The second kappa shape index (κ2) is 7.60. The molecule has 1 aliphatic rings. The van der Waals surface area contributed by atoms with Crippen molar-refractivity contribution in [3.05, 3.63) is 53.6 Å². The van der Waals surface area contributed by atoms with E-state index in [4.69, 9.17) is 4.74 Å². The van der Waals surface area contributed by atoms with E-state index >= 15 is 0 Å². The van der Waals surface area contributed by atoms with Gasteiger partial charge in [0.05, 0.1) is 12.5 Å². The van der Waals surface area contributed by atoms with Gasteiger partial charge < -0.3 is 15.0 Å². The summed E-state index contributed by atoms with van der Waals surface area (Å²) in [6.07, 6.45) is 0.233. The summed E-state index contributed by atoms with van der Waals surface area (Å²) in [7, 11) is 0. The van der Waals surface area contributed by atoms with E-state index < -0.39 is 0 Å². The van der Waals surface area contributed by atoms with Gasteiger partial charge in [0.15, 0.2) is 0 Å². The molecule has 1 N–H and O–H groups in total. The highest BCUT2D eigenvalue weighted by atomic mass is 16.5. The topological polar surface area (TPSA) is 58.6 Å². The van der Waals surface area contributed by atoms with E-state index in [1.54, 1.807) is 4.90 Å². The molecular weight excluding hydrogens is 328 g/mol. The van der Waals surface area contributed by atoms with Crippen LogP contribution in [0.5, 0.6) is 5.75 Å². The van der Waals surface area contributed by atoms with Crippen LogP contribution in [0.2, 0.25) is 0 Å². The molecule has 1 atom stereocenters. The fraction of sp³-hybridized carbons (Fsp3) is 0.333. The molecule has 26 heavy (non-hydrogen) atoms. The third-order valence-electron chi connectivity index (χ3n) is 4.64. The minimum atomic E-state index is -0.354. The van der Waals surface area contributed by atoms with Crippen molar-refractivity contribution in [2.45, 2.75) is 27.2 Å². The Kier molecular flexibility index (Phi) is 5.26. The van der Waals surface area contributed by atoms with Gasteiger partial charge in [0, 0.05) is 24.3 Å². The van der Waals surface area contributed by atoms with Gasteiger partial charge in [0.2, 0.25) is 11.8 Å². The summed E-state index contributed by atoms with van der Waals surface area (Å²) in [5.74, 6) is 0.279. The Balaban J connectivity index is 1.69. The number of carbonyl (C=O) groups excluding carboxylic acids is 2. The van der Waals surface area contributed by atoms with Crippen molar-refractivity contribution in [3.8, 4) is 5.75 Å². The Labute approximate surface area is 154 Å². The Morgan fingerprint density at radius 3 is 2.42 bits per heavy atom. The van der Waals surface area contributed by atoms with Crippen molar-refractivity contribution >= 4 is 23.2 Å². The van der Waals surface area contributed by atoms with E-state index in [1.807, 2.05) is 63.2 Å². The number of anilines is 2. The van der Waals surface area contributed by atoms with Crippen LogP contribution in [-0.4, -0.2) is 25.0 Å². The molecule has 0 bridgehead atoms. The minimum absolute atomic E-state index is 0.00533. The summed E-state index contributed by atoms with van der Waals surface area (Å²) < 4.78 is 5.40. The van der Waals surface area contributed by atoms with Crippen molar-refractivity contribution in [2.75, 3.05) is 23.4 Å². The Morgan fingerprint density at radius 2 is 1.81 bits per heavy atom. The molecule has 5 nitrogen and oxygen atoms in total. The monoisotopic (exact) mass is 352 g/mol. The summed E-state index contributed by atoms with van der Waals surface area (Å²) in [6, 6.07) is 13.2. The molecule has 1 fully saturated rings. The molecule has 136 valence electrons. The maximum Gasteiger partial charge on any atom is 0.229 e. The third kappa shape index (κ3) is 3.72. The average Bonchev–Trinajstić information content (AvgIpc) is 2.99. The Bertz CT molecular complexity index is 794. The van der Waals surface area contributed by atoms with Crippen LogP contribution in [-0.2, 0) is 9.59 Å². The number of rotatable bonds is 5. The third-order valence-corrected chi connectivity index (χ3v) is 4.64. The molecule has 1 aliphatic heterocycles. The largest absolute Gasteiger partial charge is 0.494 e. The first-order chi connectivity index (χ1) is 12.5. The molecular formula is C21H24N2O3. The summed E-state index contributed by atoms with van der Waals surface area (Å²) >= 11 is 0. The lowest BCUT2D eigenvalue weighted by Gasteiger charge is -2.21. The van der Waals surface area contributed by atoms with Crippen LogP contribution in [0.25, 0.3) is 0 Å². The minimum Gasteiger partial charge on any atom is -0.494 e. The number of hydrogen-bond acceptors (Lipinski definition) is 3. The maximum atomic E-state index is 12.6. The molecule has 2 aromatic carbocycles. The van der Waals surface area contributed by atoms with Crippen molar-refractivity contribution in [2.24, 2.45) is 5.92 Å². The van der Waals surface area contributed by atoms with Gasteiger partial charge in [0.25, 0.3) is 0 Å². The predicted octanol–water partition coefficient (Wildman–Crippen LogP) is 3.69. The van der Waals surface area contributed by atoms with Crippen LogP contribution in [0.1, 0.15) is 24.5 Å². The molecule has 2 aromatic rings. The highest BCUT2D eigenvalue weighted by molar-refractivity contribution is 6.04. The van der Waals surface area contributed by atoms with Crippen molar-refractivity contribution in [1.29, 1.82) is 0 Å². The number of nitrogens with zero attached hydrogens (tertiary/aromatic N) is 1. The molecule has 1 saturated heterocycles. The van der Waals surface area contributed by atoms with Crippen LogP contribution < -0.4 is 15.0 Å². The summed E-state index contributed by atoms with van der Waals surface area (Å²) in [5.41, 5.74) is 3.72. The van der Waals surface area contributed by atoms with Crippen molar-refractivity contribution in [3.63, 3.8) is 0 Å². The number of aryl methyl sites for hydroxylation is 2. The fourth-order valence-corrected chi connectivity index (χ4v) is 3.38. The molecule has 0 radical (unpaired) electrons. The predicted molar refractivity (Wildman–Crippen MR) is 103 cm³/mol. The smallest absolute Gasteiger partial charge is 0.229 e.